The maximum atomic E-state index is 12.2. The molecular weight excluding hydrogens is 471 g/mol. The third kappa shape index (κ3) is 6.26. The molecular formula is C27H32Cl2N2O3. The van der Waals surface area contributed by atoms with E-state index >= 15 is 0 Å². The van der Waals surface area contributed by atoms with Gasteiger partial charge in [-0.2, -0.15) is 0 Å². The van der Waals surface area contributed by atoms with Gasteiger partial charge in [0, 0.05) is 22.2 Å². The fourth-order valence-corrected chi connectivity index (χ4v) is 5.31. The van der Waals surface area contributed by atoms with E-state index in [2.05, 4.69) is 25.7 Å². The van der Waals surface area contributed by atoms with Crippen molar-refractivity contribution < 1.29 is 14.7 Å². The number of rotatable bonds is 7. The number of nitrogens with zero attached hydrogens (tertiary/aromatic N) is 2. The van der Waals surface area contributed by atoms with Gasteiger partial charge in [0.05, 0.1) is 5.56 Å². The molecule has 0 spiro atoms. The van der Waals surface area contributed by atoms with Crippen molar-refractivity contribution in [2.75, 3.05) is 7.05 Å². The third-order valence-electron chi connectivity index (χ3n) is 6.94. The zero-order chi connectivity index (χ0) is 25.1. The molecule has 0 bridgehead atoms. The van der Waals surface area contributed by atoms with Crippen LogP contribution in [0.4, 0.5) is 0 Å². The Morgan fingerprint density at radius 3 is 2.12 bits per heavy atom. The number of aliphatic imine (C=N–C) groups is 1. The van der Waals surface area contributed by atoms with Crippen LogP contribution in [-0.2, 0) is 11.3 Å². The van der Waals surface area contributed by atoms with Crippen molar-refractivity contribution in [1.82, 2.24) is 4.90 Å². The van der Waals surface area contributed by atoms with E-state index < -0.39 is 11.6 Å². The van der Waals surface area contributed by atoms with Crippen molar-refractivity contribution in [3.05, 3.63) is 69.2 Å². The van der Waals surface area contributed by atoms with E-state index in [4.69, 9.17) is 28.2 Å². The van der Waals surface area contributed by atoms with Gasteiger partial charge in [-0.3, -0.25) is 14.7 Å². The van der Waals surface area contributed by atoms with E-state index in [-0.39, 0.29) is 11.0 Å². The maximum absolute atomic E-state index is 12.2. The molecule has 3 rings (SSSR count). The summed E-state index contributed by atoms with van der Waals surface area (Å²) in [5.74, 6) is -0.378. The first-order valence-corrected chi connectivity index (χ1v) is 12.2. The molecule has 0 radical (unpaired) electrons. The van der Waals surface area contributed by atoms with Gasteiger partial charge in [0.2, 0.25) is 0 Å². The largest absolute Gasteiger partial charge is 0.478 e. The minimum Gasteiger partial charge on any atom is -0.478 e. The van der Waals surface area contributed by atoms with Crippen LogP contribution in [0.1, 0.15) is 67.9 Å². The molecule has 2 aromatic carbocycles. The average molecular weight is 503 g/mol. The van der Waals surface area contributed by atoms with Crippen LogP contribution in [0.25, 0.3) is 0 Å². The average Bonchev–Trinajstić information content (AvgIpc) is 2.76. The summed E-state index contributed by atoms with van der Waals surface area (Å²) < 4.78 is 0. The zero-order valence-electron chi connectivity index (χ0n) is 20.1. The van der Waals surface area contributed by atoms with Crippen molar-refractivity contribution in [1.29, 1.82) is 0 Å². The summed E-state index contributed by atoms with van der Waals surface area (Å²) in [4.78, 5) is 30.6. The summed E-state index contributed by atoms with van der Waals surface area (Å²) in [7, 11) is 2.01. The summed E-state index contributed by atoms with van der Waals surface area (Å²) in [6, 6.07) is 11.9. The normalized spacial score (nSPS) is 21.5. The molecule has 1 aliphatic carbocycles. The fourth-order valence-electron chi connectivity index (χ4n) is 4.78. The molecule has 0 unspecified atom stereocenters. The number of aromatic carboxylic acids is 1. The van der Waals surface area contributed by atoms with Crippen LogP contribution in [0.5, 0.6) is 0 Å². The van der Waals surface area contributed by atoms with Gasteiger partial charge in [-0.25, -0.2) is 4.79 Å². The van der Waals surface area contributed by atoms with E-state index in [0.29, 0.717) is 33.8 Å². The monoisotopic (exact) mass is 502 g/mol. The highest BCUT2D eigenvalue weighted by Gasteiger charge is 2.41. The minimum atomic E-state index is -0.947. The Bertz CT molecular complexity index is 1050. The molecule has 1 N–H and O–H groups in total. The molecule has 0 atom stereocenters. The van der Waals surface area contributed by atoms with Gasteiger partial charge in [0.1, 0.15) is 11.4 Å². The molecule has 2 aromatic rings. The van der Waals surface area contributed by atoms with Crippen LogP contribution >= 0.6 is 23.2 Å². The highest BCUT2D eigenvalue weighted by atomic mass is 35.5. The lowest BCUT2D eigenvalue weighted by Gasteiger charge is -2.46. The predicted octanol–water partition coefficient (Wildman–Crippen LogP) is 6.74. The number of halogens is 2. The molecule has 1 fully saturated rings. The molecule has 7 heteroatoms. The Labute approximate surface area is 211 Å². The molecule has 182 valence electrons. The zero-order valence-corrected chi connectivity index (χ0v) is 21.7. The molecule has 0 aliphatic heterocycles. The second kappa shape index (κ2) is 10.6. The van der Waals surface area contributed by atoms with Crippen molar-refractivity contribution in [2.45, 2.75) is 58.7 Å². The predicted molar refractivity (Wildman–Crippen MR) is 138 cm³/mol. The Balaban J connectivity index is 1.97. The van der Waals surface area contributed by atoms with Crippen molar-refractivity contribution in [3.8, 4) is 0 Å². The summed E-state index contributed by atoms with van der Waals surface area (Å²) in [5, 5.41) is 10.1. The highest BCUT2D eigenvalue weighted by Crippen LogP contribution is 2.44. The molecule has 1 aliphatic rings. The molecule has 0 saturated heterocycles. The second-order valence-electron chi connectivity index (χ2n) is 10.3. The van der Waals surface area contributed by atoms with Crippen molar-refractivity contribution >= 4 is 41.2 Å². The summed E-state index contributed by atoms with van der Waals surface area (Å²) in [6.45, 7) is 7.39. The molecule has 0 heterocycles. The molecule has 5 nitrogen and oxygen atoms in total. The van der Waals surface area contributed by atoms with Crippen LogP contribution in [0.15, 0.2) is 47.5 Å². The lowest BCUT2D eigenvalue weighted by molar-refractivity contribution is -0.102. The quantitative estimate of drug-likeness (QED) is 0.335. The van der Waals surface area contributed by atoms with Gasteiger partial charge in [0.15, 0.2) is 6.29 Å². The number of carbonyl (C=O) groups excluding carboxylic acids is 1. The topological polar surface area (TPSA) is 70.0 Å². The standard InChI is InChI=1S/C27H32Cl2N2O3/c1-26(2,3)21-9-11-27(12-10-21,30-24(17-32)20-13-22(28)15-23(29)14-20)31(4)16-18-5-7-19(8-6-18)25(33)34/h5-8,13-15,17,21H,9-12,16H2,1-4H3,(H,33,34)/b30-24+. The number of carboxylic acid groups (broad SMARTS) is 1. The van der Waals surface area contributed by atoms with E-state index in [1.807, 2.05) is 19.2 Å². The molecule has 1 saturated carbocycles. The SMILES string of the molecule is CN(Cc1ccc(C(=O)O)cc1)C1(/N=C(\C=O)c2cc(Cl)cc(Cl)c2)CCC(C(C)(C)C)CC1. The second-order valence-corrected chi connectivity index (χ2v) is 11.1. The molecule has 0 aromatic heterocycles. The van der Waals surface area contributed by atoms with Crippen LogP contribution in [0.3, 0.4) is 0 Å². The minimum absolute atomic E-state index is 0.203. The Morgan fingerprint density at radius 1 is 1.09 bits per heavy atom. The van der Waals surface area contributed by atoms with E-state index in [9.17, 15) is 14.7 Å². The van der Waals surface area contributed by atoms with Crippen LogP contribution < -0.4 is 0 Å². The summed E-state index contributed by atoms with van der Waals surface area (Å²) >= 11 is 12.4. The number of benzene rings is 2. The van der Waals surface area contributed by atoms with Gasteiger partial charge < -0.3 is 5.11 Å². The highest BCUT2D eigenvalue weighted by molar-refractivity contribution is 6.39. The lowest BCUT2D eigenvalue weighted by atomic mass is 9.69. The Kier molecular flexibility index (Phi) is 8.22. The summed E-state index contributed by atoms with van der Waals surface area (Å²) in [6.07, 6.45) is 4.39. The third-order valence-corrected chi connectivity index (χ3v) is 7.38. The number of carboxylic acids is 1. The van der Waals surface area contributed by atoms with Gasteiger partial charge in [-0.05, 0) is 80.0 Å². The van der Waals surface area contributed by atoms with Crippen molar-refractivity contribution in [2.24, 2.45) is 16.3 Å². The van der Waals surface area contributed by atoms with Crippen LogP contribution in [0.2, 0.25) is 10.0 Å². The van der Waals surface area contributed by atoms with E-state index in [0.717, 1.165) is 37.5 Å². The number of hydrogen-bond acceptors (Lipinski definition) is 4. The van der Waals surface area contributed by atoms with E-state index in [1.54, 1.807) is 30.3 Å². The Hall–Kier alpha value is -2.21. The number of carbonyl (C=O) groups is 2. The van der Waals surface area contributed by atoms with Gasteiger partial charge >= 0.3 is 5.97 Å². The number of hydrogen-bond donors (Lipinski definition) is 1. The molecule has 0 amide bonds. The first kappa shape index (κ1) is 26.4. The smallest absolute Gasteiger partial charge is 0.335 e. The van der Waals surface area contributed by atoms with Crippen LogP contribution in [0, 0.1) is 11.3 Å². The van der Waals surface area contributed by atoms with Gasteiger partial charge in [0.25, 0.3) is 0 Å². The maximum Gasteiger partial charge on any atom is 0.335 e. The number of aldehydes is 1. The van der Waals surface area contributed by atoms with Crippen molar-refractivity contribution in [3.63, 3.8) is 0 Å². The van der Waals surface area contributed by atoms with Crippen LogP contribution in [-0.4, -0.2) is 40.7 Å². The van der Waals surface area contributed by atoms with Gasteiger partial charge in [-0.1, -0.05) is 56.1 Å². The summed E-state index contributed by atoms with van der Waals surface area (Å²) in [5.41, 5.74) is 1.80. The van der Waals surface area contributed by atoms with E-state index in [1.165, 1.54) is 0 Å². The lowest BCUT2D eigenvalue weighted by Crippen LogP contribution is -2.49. The fraction of sp³-hybridized carbons (Fsp3) is 0.444. The first-order chi connectivity index (χ1) is 15.9. The molecule has 34 heavy (non-hydrogen) atoms. The first-order valence-electron chi connectivity index (χ1n) is 11.5. The van der Waals surface area contributed by atoms with Gasteiger partial charge in [-0.15, -0.1) is 0 Å². The Morgan fingerprint density at radius 2 is 1.65 bits per heavy atom.